The molecule has 0 spiro atoms. The number of amides is 2. The highest BCUT2D eigenvalue weighted by Gasteiger charge is 2.35. The fourth-order valence-corrected chi connectivity index (χ4v) is 2.71. The number of nitrogens with one attached hydrogen (secondary N) is 1. The number of benzene rings is 1. The maximum atomic E-state index is 12.5. The van der Waals surface area contributed by atoms with Crippen molar-refractivity contribution in [1.82, 2.24) is 4.90 Å². The third-order valence-corrected chi connectivity index (χ3v) is 3.95. The van der Waals surface area contributed by atoms with Gasteiger partial charge in [-0.25, -0.2) is 0 Å². The predicted molar refractivity (Wildman–Crippen MR) is 74.1 cm³/mol. The number of carbonyl (C=O) groups excluding carboxylic acids is 2. The Morgan fingerprint density at radius 3 is 2.95 bits per heavy atom. The van der Waals surface area contributed by atoms with Crippen molar-refractivity contribution in [3.8, 4) is 0 Å². The lowest BCUT2D eigenvalue weighted by atomic mass is 10.1. The number of hydrogen-bond donors (Lipinski definition) is 1. The van der Waals surface area contributed by atoms with Crippen molar-refractivity contribution >= 4 is 17.5 Å². The average molecular weight is 274 g/mol. The molecule has 0 aliphatic carbocycles. The van der Waals surface area contributed by atoms with Gasteiger partial charge in [0.15, 0.2) is 0 Å². The van der Waals surface area contributed by atoms with Crippen LogP contribution < -0.4 is 5.32 Å². The molecule has 2 aliphatic heterocycles. The largest absolute Gasteiger partial charge is 0.368 e. The van der Waals surface area contributed by atoms with E-state index in [0.717, 1.165) is 24.1 Å². The second kappa shape index (κ2) is 5.25. The van der Waals surface area contributed by atoms with Gasteiger partial charge in [0, 0.05) is 18.8 Å². The van der Waals surface area contributed by atoms with E-state index in [1.165, 1.54) is 0 Å². The van der Waals surface area contributed by atoms with Gasteiger partial charge in [-0.15, -0.1) is 0 Å². The quantitative estimate of drug-likeness (QED) is 0.845. The van der Waals surface area contributed by atoms with E-state index in [9.17, 15) is 9.59 Å². The Morgan fingerprint density at radius 1 is 1.40 bits per heavy atom. The Kier molecular flexibility index (Phi) is 3.44. The molecular weight excluding hydrogens is 256 g/mol. The Hall–Kier alpha value is -1.88. The summed E-state index contributed by atoms with van der Waals surface area (Å²) in [5, 5.41) is 2.87. The predicted octanol–water partition coefficient (Wildman–Crippen LogP) is 1.53. The summed E-state index contributed by atoms with van der Waals surface area (Å²) >= 11 is 0. The Morgan fingerprint density at radius 2 is 2.20 bits per heavy atom. The molecule has 5 nitrogen and oxygen atoms in total. The number of para-hydroxylation sites is 1. The molecule has 106 valence electrons. The van der Waals surface area contributed by atoms with Crippen LogP contribution in [0.25, 0.3) is 0 Å². The normalized spacial score (nSPS) is 25.9. The number of hydrogen-bond acceptors (Lipinski definition) is 3. The van der Waals surface area contributed by atoms with Crippen LogP contribution in [0.15, 0.2) is 24.3 Å². The monoisotopic (exact) mass is 274 g/mol. The number of nitrogens with zero attached hydrogens (tertiary/aromatic N) is 1. The van der Waals surface area contributed by atoms with Gasteiger partial charge in [-0.1, -0.05) is 18.2 Å². The summed E-state index contributed by atoms with van der Waals surface area (Å²) in [6, 6.07) is 7.10. The Labute approximate surface area is 117 Å². The minimum atomic E-state index is -0.487. The first-order valence-corrected chi connectivity index (χ1v) is 6.97. The van der Waals surface area contributed by atoms with Crippen molar-refractivity contribution in [2.45, 2.75) is 38.5 Å². The van der Waals surface area contributed by atoms with Crippen molar-refractivity contribution in [3.63, 3.8) is 0 Å². The van der Waals surface area contributed by atoms with Crippen molar-refractivity contribution < 1.29 is 14.3 Å². The molecule has 2 amide bonds. The molecule has 1 aromatic carbocycles. The first-order chi connectivity index (χ1) is 9.66. The highest BCUT2D eigenvalue weighted by Crippen LogP contribution is 2.25. The number of carbonyl (C=O) groups is 2. The third kappa shape index (κ3) is 2.29. The molecule has 2 heterocycles. The van der Waals surface area contributed by atoms with Gasteiger partial charge in [-0.3, -0.25) is 9.59 Å². The summed E-state index contributed by atoms with van der Waals surface area (Å²) in [5.74, 6) is -0.233. The molecule has 1 N–H and O–H groups in total. The number of rotatable bonds is 1. The maximum Gasteiger partial charge on any atom is 0.252 e. The smallest absolute Gasteiger partial charge is 0.252 e. The molecule has 2 aliphatic rings. The minimum Gasteiger partial charge on any atom is -0.368 e. The second-order valence-electron chi connectivity index (χ2n) is 5.29. The summed E-state index contributed by atoms with van der Waals surface area (Å²) in [6.45, 7) is 2.82. The lowest BCUT2D eigenvalue weighted by Gasteiger charge is -2.28. The Bertz CT molecular complexity index is 538. The molecule has 20 heavy (non-hydrogen) atoms. The van der Waals surface area contributed by atoms with Gasteiger partial charge < -0.3 is 15.0 Å². The van der Waals surface area contributed by atoms with Gasteiger partial charge in [0.2, 0.25) is 5.91 Å². The van der Waals surface area contributed by atoms with Crippen LogP contribution >= 0.6 is 0 Å². The van der Waals surface area contributed by atoms with Crippen LogP contribution in [0, 0.1) is 0 Å². The highest BCUT2D eigenvalue weighted by atomic mass is 16.5. The van der Waals surface area contributed by atoms with E-state index >= 15 is 0 Å². The van der Waals surface area contributed by atoms with E-state index in [2.05, 4.69) is 5.32 Å². The molecule has 1 fully saturated rings. The van der Waals surface area contributed by atoms with E-state index in [-0.39, 0.29) is 11.8 Å². The van der Waals surface area contributed by atoms with Crippen molar-refractivity contribution in [3.05, 3.63) is 29.8 Å². The van der Waals surface area contributed by atoms with Crippen LogP contribution in [0.4, 0.5) is 5.69 Å². The van der Waals surface area contributed by atoms with E-state index in [1.54, 1.807) is 11.8 Å². The topological polar surface area (TPSA) is 58.6 Å². The van der Waals surface area contributed by atoms with Gasteiger partial charge >= 0.3 is 0 Å². The van der Waals surface area contributed by atoms with Gasteiger partial charge in [-0.2, -0.15) is 0 Å². The minimum absolute atomic E-state index is 0.0816. The molecule has 1 unspecified atom stereocenters. The van der Waals surface area contributed by atoms with Crippen LogP contribution in [0.2, 0.25) is 0 Å². The number of fused-ring (bicyclic) bond motifs is 1. The van der Waals surface area contributed by atoms with Gasteiger partial charge in [0.05, 0.1) is 0 Å². The van der Waals surface area contributed by atoms with E-state index in [4.69, 9.17) is 4.74 Å². The molecule has 1 aromatic rings. The van der Waals surface area contributed by atoms with Crippen molar-refractivity contribution in [1.29, 1.82) is 0 Å². The molecule has 5 heteroatoms. The first-order valence-electron chi connectivity index (χ1n) is 6.97. The van der Waals surface area contributed by atoms with Crippen LogP contribution in [0.1, 0.15) is 25.3 Å². The second-order valence-corrected chi connectivity index (χ2v) is 5.29. The summed E-state index contributed by atoms with van der Waals surface area (Å²) in [5.41, 5.74) is 1.74. The van der Waals surface area contributed by atoms with E-state index < -0.39 is 12.1 Å². The molecule has 0 bridgehead atoms. The molecule has 0 aromatic heterocycles. The summed E-state index contributed by atoms with van der Waals surface area (Å²) < 4.78 is 5.46. The molecule has 2 atom stereocenters. The lowest BCUT2D eigenvalue weighted by molar-refractivity contribution is -0.146. The fraction of sp³-hybridized carbons (Fsp3) is 0.467. The lowest BCUT2D eigenvalue weighted by Crippen LogP contribution is -2.47. The average Bonchev–Trinajstić information content (AvgIpc) is 2.95. The van der Waals surface area contributed by atoms with Gasteiger partial charge in [-0.05, 0) is 31.4 Å². The first kappa shape index (κ1) is 13.1. The summed E-state index contributed by atoms with van der Waals surface area (Å²) in [4.78, 5) is 26.3. The highest BCUT2D eigenvalue weighted by molar-refractivity contribution is 5.99. The van der Waals surface area contributed by atoms with Crippen LogP contribution in [0.3, 0.4) is 0 Å². The molecule has 0 saturated carbocycles. The third-order valence-electron chi connectivity index (χ3n) is 3.95. The van der Waals surface area contributed by atoms with Crippen molar-refractivity contribution in [2.75, 3.05) is 11.9 Å². The number of anilines is 1. The van der Waals surface area contributed by atoms with Crippen LogP contribution in [-0.4, -0.2) is 35.5 Å². The maximum absolute atomic E-state index is 12.5. The number of ether oxygens (including phenoxy) is 1. The Balaban J connectivity index is 1.89. The van der Waals surface area contributed by atoms with E-state index in [0.29, 0.717) is 13.2 Å². The zero-order chi connectivity index (χ0) is 14.1. The van der Waals surface area contributed by atoms with Crippen LogP contribution in [0.5, 0.6) is 0 Å². The fourth-order valence-electron chi connectivity index (χ4n) is 2.71. The molecular formula is C15H18N2O3. The van der Waals surface area contributed by atoms with Crippen molar-refractivity contribution in [2.24, 2.45) is 0 Å². The molecule has 1 saturated heterocycles. The van der Waals surface area contributed by atoms with E-state index in [1.807, 2.05) is 24.3 Å². The zero-order valence-electron chi connectivity index (χ0n) is 11.5. The van der Waals surface area contributed by atoms with Crippen LogP contribution in [-0.2, 0) is 20.9 Å². The zero-order valence-corrected chi connectivity index (χ0v) is 11.5. The summed E-state index contributed by atoms with van der Waals surface area (Å²) in [6.07, 6.45) is 1.25. The molecule has 3 rings (SSSR count). The summed E-state index contributed by atoms with van der Waals surface area (Å²) in [7, 11) is 0. The molecule has 0 radical (unpaired) electrons. The van der Waals surface area contributed by atoms with Gasteiger partial charge in [0.1, 0.15) is 12.1 Å². The standard InChI is InChI=1S/C15H18N2O3/c1-10-14(18)16-12-6-3-2-5-11(12)9-17(10)15(19)13-7-4-8-20-13/h2-3,5-6,10,13H,4,7-9H2,1H3,(H,16,18)/t10?,13-/m1/s1. The van der Waals surface area contributed by atoms with Gasteiger partial charge in [0.25, 0.3) is 5.91 Å². The SMILES string of the molecule is CC1C(=O)Nc2ccccc2CN1C(=O)[C@H]1CCCO1.